The van der Waals surface area contributed by atoms with E-state index in [4.69, 9.17) is 9.32 Å². The molecule has 7 heteroatoms. The van der Waals surface area contributed by atoms with Crippen LogP contribution in [0, 0.1) is 0 Å². The topological polar surface area (TPSA) is 85.5 Å². The SMILES string of the molecule is NS(=O)(=O)Oc1cccnc1N1CCCCC1. The number of pyridine rings is 1. The second kappa shape index (κ2) is 4.89. The average Bonchev–Trinajstić information content (AvgIpc) is 2.29. The van der Waals surface area contributed by atoms with Gasteiger partial charge in [0.2, 0.25) is 0 Å². The molecule has 0 atom stereocenters. The second-order valence-corrected chi connectivity index (χ2v) is 5.10. The number of rotatable bonds is 3. The molecule has 0 spiro atoms. The van der Waals surface area contributed by atoms with Gasteiger partial charge in [-0.1, -0.05) is 0 Å². The molecule has 1 aromatic heterocycles. The summed E-state index contributed by atoms with van der Waals surface area (Å²) in [6.45, 7) is 1.72. The third kappa shape index (κ3) is 3.31. The van der Waals surface area contributed by atoms with E-state index in [-0.39, 0.29) is 5.75 Å². The highest BCUT2D eigenvalue weighted by Crippen LogP contribution is 2.28. The van der Waals surface area contributed by atoms with Gasteiger partial charge in [-0.3, -0.25) is 0 Å². The number of aromatic nitrogens is 1. The summed E-state index contributed by atoms with van der Waals surface area (Å²) < 4.78 is 26.6. The highest BCUT2D eigenvalue weighted by molar-refractivity contribution is 7.84. The molecule has 0 bridgehead atoms. The Hall–Kier alpha value is -1.34. The Bertz CT molecular complexity index is 483. The van der Waals surface area contributed by atoms with Crippen LogP contribution in [0.3, 0.4) is 0 Å². The van der Waals surface area contributed by atoms with Gasteiger partial charge in [0.25, 0.3) is 0 Å². The first-order chi connectivity index (χ1) is 8.06. The predicted octanol–water partition coefficient (Wildman–Crippen LogP) is 0.654. The normalized spacial score (nSPS) is 16.9. The lowest BCUT2D eigenvalue weighted by Gasteiger charge is -2.28. The fraction of sp³-hybridized carbons (Fsp3) is 0.500. The minimum atomic E-state index is -4.01. The Labute approximate surface area is 101 Å². The van der Waals surface area contributed by atoms with Crippen LogP contribution < -0.4 is 14.2 Å². The number of piperidine rings is 1. The van der Waals surface area contributed by atoms with Crippen LogP contribution in [0.1, 0.15) is 19.3 Å². The van der Waals surface area contributed by atoms with E-state index in [1.807, 2.05) is 4.90 Å². The van der Waals surface area contributed by atoms with Crippen LogP contribution in [0.5, 0.6) is 5.75 Å². The van der Waals surface area contributed by atoms with Crippen molar-refractivity contribution in [3.05, 3.63) is 18.3 Å². The van der Waals surface area contributed by atoms with Gasteiger partial charge in [-0.2, -0.15) is 13.6 Å². The van der Waals surface area contributed by atoms with Crippen LogP contribution in [-0.4, -0.2) is 26.5 Å². The number of hydrogen-bond donors (Lipinski definition) is 1. The first-order valence-corrected chi connectivity index (χ1v) is 6.95. The quantitative estimate of drug-likeness (QED) is 0.859. The summed E-state index contributed by atoms with van der Waals surface area (Å²) in [4.78, 5) is 6.19. The van der Waals surface area contributed by atoms with Crippen LogP contribution in [-0.2, 0) is 10.3 Å². The average molecular weight is 257 g/mol. The fourth-order valence-corrected chi connectivity index (χ4v) is 2.30. The van der Waals surface area contributed by atoms with Crippen LogP contribution in [0.4, 0.5) is 5.82 Å². The third-order valence-corrected chi connectivity index (χ3v) is 3.02. The molecule has 1 fully saturated rings. The molecule has 2 rings (SSSR count). The van der Waals surface area contributed by atoms with Gasteiger partial charge < -0.3 is 9.08 Å². The van der Waals surface area contributed by atoms with Crippen molar-refractivity contribution in [1.29, 1.82) is 0 Å². The second-order valence-electron chi connectivity index (χ2n) is 3.95. The van der Waals surface area contributed by atoms with Crippen LogP contribution in [0.2, 0.25) is 0 Å². The van der Waals surface area contributed by atoms with E-state index in [0.29, 0.717) is 5.82 Å². The molecule has 2 N–H and O–H groups in total. The molecule has 94 valence electrons. The molecule has 1 aliphatic heterocycles. The van der Waals surface area contributed by atoms with Crippen molar-refractivity contribution in [3.8, 4) is 5.75 Å². The third-order valence-electron chi connectivity index (χ3n) is 2.61. The molecule has 0 radical (unpaired) electrons. The van der Waals surface area contributed by atoms with Gasteiger partial charge in [0.05, 0.1) is 0 Å². The highest BCUT2D eigenvalue weighted by Gasteiger charge is 2.18. The summed E-state index contributed by atoms with van der Waals surface area (Å²) in [6, 6.07) is 3.18. The van der Waals surface area contributed by atoms with Gasteiger partial charge in [-0.15, -0.1) is 0 Å². The number of hydrogen-bond acceptors (Lipinski definition) is 5. The maximum Gasteiger partial charge on any atom is 0.380 e. The lowest BCUT2D eigenvalue weighted by atomic mass is 10.1. The molecule has 0 aliphatic carbocycles. The molecule has 1 aliphatic rings. The van der Waals surface area contributed by atoms with Crippen molar-refractivity contribution in [2.24, 2.45) is 5.14 Å². The van der Waals surface area contributed by atoms with Crippen molar-refractivity contribution >= 4 is 16.1 Å². The molecule has 2 heterocycles. The maximum atomic E-state index is 10.9. The fourth-order valence-electron chi connectivity index (χ4n) is 1.92. The Balaban J connectivity index is 2.26. The van der Waals surface area contributed by atoms with E-state index in [1.54, 1.807) is 18.3 Å². The molecular formula is C10H15N3O3S. The maximum absolute atomic E-state index is 10.9. The summed E-state index contributed by atoms with van der Waals surface area (Å²) in [6.07, 6.45) is 4.95. The molecule has 0 unspecified atom stereocenters. The summed E-state index contributed by atoms with van der Waals surface area (Å²) in [5, 5.41) is 4.87. The zero-order valence-corrected chi connectivity index (χ0v) is 10.2. The molecule has 0 aromatic carbocycles. The van der Waals surface area contributed by atoms with Crippen molar-refractivity contribution < 1.29 is 12.6 Å². The van der Waals surface area contributed by atoms with E-state index < -0.39 is 10.3 Å². The molecule has 0 saturated carbocycles. The zero-order chi connectivity index (χ0) is 12.3. The Morgan fingerprint density at radius 1 is 1.29 bits per heavy atom. The van der Waals surface area contributed by atoms with E-state index in [0.717, 1.165) is 25.9 Å². The number of nitrogens with two attached hydrogens (primary N) is 1. The molecule has 1 aromatic rings. The predicted molar refractivity (Wildman–Crippen MR) is 64.0 cm³/mol. The van der Waals surface area contributed by atoms with Gasteiger partial charge in [0.15, 0.2) is 11.6 Å². The van der Waals surface area contributed by atoms with Gasteiger partial charge in [-0.05, 0) is 31.4 Å². The minimum absolute atomic E-state index is 0.192. The van der Waals surface area contributed by atoms with Gasteiger partial charge in [0.1, 0.15) is 0 Å². The highest BCUT2D eigenvalue weighted by atomic mass is 32.2. The largest absolute Gasteiger partial charge is 0.380 e. The van der Waals surface area contributed by atoms with E-state index in [1.165, 1.54) is 6.42 Å². The minimum Gasteiger partial charge on any atom is -0.367 e. The lowest BCUT2D eigenvalue weighted by Crippen LogP contribution is -2.31. The summed E-state index contributed by atoms with van der Waals surface area (Å²) in [7, 11) is -4.01. The van der Waals surface area contributed by atoms with Gasteiger partial charge >= 0.3 is 10.3 Å². The molecule has 17 heavy (non-hydrogen) atoms. The van der Waals surface area contributed by atoms with Crippen LogP contribution >= 0.6 is 0 Å². The summed E-state index contributed by atoms with van der Waals surface area (Å²) in [5.41, 5.74) is 0. The lowest BCUT2D eigenvalue weighted by molar-refractivity contribution is 0.482. The monoisotopic (exact) mass is 257 g/mol. The Morgan fingerprint density at radius 2 is 2.00 bits per heavy atom. The van der Waals surface area contributed by atoms with Crippen LogP contribution in [0.15, 0.2) is 18.3 Å². The summed E-state index contributed by atoms with van der Waals surface area (Å²) in [5.74, 6) is 0.734. The van der Waals surface area contributed by atoms with Crippen molar-refractivity contribution in [1.82, 2.24) is 4.98 Å². The number of nitrogens with zero attached hydrogens (tertiary/aromatic N) is 2. The van der Waals surface area contributed by atoms with Gasteiger partial charge in [-0.25, -0.2) is 4.98 Å². The standard InChI is InChI=1S/C10H15N3O3S/c11-17(14,15)16-9-5-4-6-12-10(9)13-7-2-1-3-8-13/h4-6H,1-3,7-8H2,(H2,11,14,15). The first-order valence-electron chi connectivity index (χ1n) is 5.48. The van der Waals surface area contributed by atoms with E-state index in [2.05, 4.69) is 4.98 Å². The summed E-state index contributed by atoms with van der Waals surface area (Å²) >= 11 is 0. The molecule has 0 amide bonds. The smallest absolute Gasteiger partial charge is 0.367 e. The van der Waals surface area contributed by atoms with Crippen molar-refractivity contribution in [2.75, 3.05) is 18.0 Å². The Kier molecular flexibility index (Phi) is 3.49. The van der Waals surface area contributed by atoms with E-state index >= 15 is 0 Å². The first kappa shape index (κ1) is 12.1. The van der Waals surface area contributed by atoms with E-state index in [9.17, 15) is 8.42 Å². The number of anilines is 1. The molecule has 6 nitrogen and oxygen atoms in total. The Morgan fingerprint density at radius 3 is 2.65 bits per heavy atom. The van der Waals surface area contributed by atoms with Crippen molar-refractivity contribution in [3.63, 3.8) is 0 Å². The molecular weight excluding hydrogens is 242 g/mol. The van der Waals surface area contributed by atoms with Crippen molar-refractivity contribution in [2.45, 2.75) is 19.3 Å². The molecule has 1 saturated heterocycles. The van der Waals surface area contributed by atoms with Crippen LogP contribution in [0.25, 0.3) is 0 Å². The van der Waals surface area contributed by atoms with Gasteiger partial charge in [0, 0.05) is 19.3 Å². The zero-order valence-electron chi connectivity index (χ0n) is 9.37.